The van der Waals surface area contributed by atoms with E-state index < -0.39 is 0 Å². The van der Waals surface area contributed by atoms with Gasteiger partial charge in [-0.1, -0.05) is 11.6 Å². The van der Waals surface area contributed by atoms with Crippen molar-refractivity contribution in [3.05, 3.63) is 23.2 Å². The Balaban J connectivity index is 1.52. The molecule has 24 heavy (non-hydrogen) atoms. The van der Waals surface area contributed by atoms with Crippen molar-refractivity contribution in [3.8, 4) is 0 Å². The van der Waals surface area contributed by atoms with E-state index in [2.05, 4.69) is 21.6 Å². The Bertz CT molecular complexity index is 560. The van der Waals surface area contributed by atoms with E-state index in [-0.39, 0.29) is 0 Å². The molecule has 2 aliphatic rings. The highest BCUT2D eigenvalue weighted by Crippen LogP contribution is 2.31. The molecule has 2 saturated heterocycles. The van der Waals surface area contributed by atoms with Gasteiger partial charge >= 0.3 is 0 Å². The van der Waals surface area contributed by atoms with Gasteiger partial charge in [0.2, 0.25) is 0 Å². The Kier molecular flexibility index (Phi) is 6.54. The van der Waals surface area contributed by atoms with Crippen LogP contribution in [0.3, 0.4) is 0 Å². The zero-order valence-corrected chi connectivity index (χ0v) is 15.5. The molecule has 0 spiro atoms. The van der Waals surface area contributed by atoms with Crippen LogP contribution in [0, 0.1) is 0 Å². The quantitative estimate of drug-likeness (QED) is 0.679. The predicted molar refractivity (Wildman–Crippen MR) is 104 cm³/mol. The van der Waals surface area contributed by atoms with E-state index in [1.807, 2.05) is 12.1 Å². The van der Waals surface area contributed by atoms with Crippen LogP contribution >= 0.6 is 23.8 Å². The number of halogens is 1. The van der Waals surface area contributed by atoms with Gasteiger partial charge in [-0.2, -0.15) is 0 Å². The van der Waals surface area contributed by atoms with Gasteiger partial charge < -0.3 is 25.2 Å². The van der Waals surface area contributed by atoms with Gasteiger partial charge in [0.25, 0.3) is 0 Å². The zero-order valence-electron chi connectivity index (χ0n) is 13.9. The minimum atomic E-state index is 0.658. The second-order valence-corrected chi connectivity index (χ2v) is 7.19. The monoisotopic (exact) mass is 369 g/mol. The fourth-order valence-corrected chi connectivity index (χ4v) is 3.66. The third kappa shape index (κ3) is 4.96. The van der Waals surface area contributed by atoms with E-state index in [9.17, 15) is 0 Å². The molecule has 0 radical (unpaired) electrons. The van der Waals surface area contributed by atoms with E-state index in [0.29, 0.717) is 5.11 Å². The molecule has 3 rings (SSSR count). The molecular formula is C17H26ClN4OS+. The Morgan fingerprint density at radius 1 is 1.25 bits per heavy atom. The first-order valence-electron chi connectivity index (χ1n) is 8.73. The number of quaternary nitrogens is 1. The summed E-state index contributed by atoms with van der Waals surface area (Å²) in [6.45, 7) is 7.98. The third-order valence-electron chi connectivity index (χ3n) is 4.62. The van der Waals surface area contributed by atoms with Crippen molar-refractivity contribution in [1.82, 2.24) is 5.32 Å². The molecule has 2 heterocycles. The lowest BCUT2D eigenvalue weighted by molar-refractivity contribution is -0.906. The highest BCUT2D eigenvalue weighted by atomic mass is 35.5. The number of rotatable bonds is 5. The highest BCUT2D eigenvalue weighted by Gasteiger charge is 2.17. The van der Waals surface area contributed by atoms with Crippen molar-refractivity contribution in [2.45, 2.75) is 12.8 Å². The Morgan fingerprint density at radius 3 is 2.75 bits per heavy atom. The van der Waals surface area contributed by atoms with Crippen molar-refractivity contribution in [3.63, 3.8) is 0 Å². The van der Waals surface area contributed by atoms with Gasteiger partial charge in [-0.05, 0) is 43.3 Å². The largest absolute Gasteiger partial charge is 0.370 e. The molecule has 0 aromatic heterocycles. The highest BCUT2D eigenvalue weighted by molar-refractivity contribution is 7.80. The van der Waals surface area contributed by atoms with E-state index in [1.54, 1.807) is 4.90 Å². The second-order valence-electron chi connectivity index (χ2n) is 6.35. The second kappa shape index (κ2) is 8.85. The van der Waals surface area contributed by atoms with Gasteiger partial charge in [-0.3, -0.25) is 0 Å². The molecular weight excluding hydrogens is 344 g/mol. The van der Waals surface area contributed by atoms with E-state index in [0.717, 1.165) is 63.2 Å². The summed E-state index contributed by atoms with van der Waals surface area (Å²) in [7, 11) is 0. The molecule has 0 atom stereocenters. The molecule has 2 fully saturated rings. The summed E-state index contributed by atoms with van der Waals surface area (Å²) >= 11 is 11.6. The number of hydrogen-bond acceptors (Lipinski definition) is 3. The minimum Gasteiger partial charge on any atom is -0.370 e. The van der Waals surface area contributed by atoms with Crippen LogP contribution in [0.25, 0.3) is 0 Å². The van der Waals surface area contributed by atoms with E-state index in [1.165, 1.54) is 18.5 Å². The molecule has 0 bridgehead atoms. The first kappa shape index (κ1) is 17.7. The number of nitrogens with zero attached hydrogens (tertiary/aromatic N) is 1. The van der Waals surface area contributed by atoms with Crippen LogP contribution in [0.1, 0.15) is 12.8 Å². The Morgan fingerprint density at radius 2 is 2.00 bits per heavy atom. The summed E-state index contributed by atoms with van der Waals surface area (Å²) in [6.07, 6.45) is 2.49. The Hall–Kier alpha value is -1.08. The number of morpholine rings is 1. The lowest BCUT2D eigenvalue weighted by atomic mass is 10.2. The van der Waals surface area contributed by atoms with Crippen LogP contribution in [-0.4, -0.2) is 57.6 Å². The Labute approximate surface area is 154 Å². The van der Waals surface area contributed by atoms with Crippen molar-refractivity contribution < 1.29 is 9.64 Å². The maximum atomic E-state index is 6.18. The van der Waals surface area contributed by atoms with Crippen LogP contribution < -0.4 is 20.4 Å². The number of hydrogen-bond donors (Lipinski definition) is 3. The van der Waals surface area contributed by atoms with Crippen LogP contribution in [0.4, 0.5) is 11.4 Å². The van der Waals surface area contributed by atoms with Gasteiger partial charge in [0.15, 0.2) is 5.11 Å². The summed E-state index contributed by atoms with van der Waals surface area (Å²) in [4.78, 5) is 3.95. The molecule has 0 unspecified atom stereocenters. The molecule has 1 aromatic carbocycles. The fourth-order valence-electron chi connectivity index (χ4n) is 3.27. The first-order valence-corrected chi connectivity index (χ1v) is 9.51. The predicted octanol–water partition coefficient (Wildman–Crippen LogP) is 1.14. The summed E-state index contributed by atoms with van der Waals surface area (Å²) in [5, 5.41) is 8.02. The number of thiocarbonyl (C=S) groups is 1. The van der Waals surface area contributed by atoms with Crippen molar-refractivity contribution in [2.75, 3.05) is 62.7 Å². The summed E-state index contributed by atoms with van der Waals surface area (Å²) in [5.41, 5.74) is 2.17. The van der Waals surface area contributed by atoms with Crippen LogP contribution in [-0.2, 0) is 4.74 Å². The number of ether oxygens (including phenoxy) is 1. The topological polar surface area (TPSA) is 41.0 Å². The number of benzene rings is 1. The van der Waals surface area contributed by atoms with Gasteiger partial charge in [0.05, 0.1) is 37.7 Å². The van der Waals surface area contributed by atoms with Crippen molar-refractivity contribution in [1.29, 1.82) is 0 Å². The maximum absolute atomic E-state index is 6.18. The maximum Gasteiger partial charge on any atom is 0.171 e. The van der Waals surface area contributed by atoms with Crippen molar-refractivity contribution in [2.24, 2.45) is 0 Å². The standard InChI is InChI=1S/C17H25ClN4OS/c18-14-3-4-16(22-6-1-2-7-22)15(13-14)20-17(24)19-5-8-21-9-11-23-12-10-21/h3-4,13H,1-2,5-12H2,(H2,19,20,24)/p+1. The van der Waals surface area contributed by atoms with Crippen LogP contribution in [0.5, 0.6) is 0 Å². The molecule has 2 aliphatic heterocycles. The summed E-state index contributed by atoms with van der Waals surface area (Å²) < 4.78 is 5.38. The summed E-state index contributed by atoms with van der Waals surface area (Å²) in [6, 6.07) is 5.98. The molecule has 3 N–H and O–H groups in total. The van der Waals surface area contributed by atoms with Gasteiger partial charge in [0.1, 0.15) is 13.1 Å². The molecule has 0 amide bonds. The molecule has 0 aliphatic carbocycles. The van der Waals surface area contributed by atoms with E-state index in [4.69, 9.17) is 28.6 Å². The third-order valence-corrected chi connectivity index (χ3v) is 5.10. The molecule has 0 saturated carbocycles. The zero-order chi connectivity index (χ0) is 16.8. The lowest BCUT2D eigenvalue weighted by Gasteiger charge is -2.25. The van der Waals surface area contributed by atoms with Gasteiger partial charge in [-0.15, -0.1) is 0 Å². The fraction of sp³-hybridized carbons (Fsp3) is 0.588. The molecule has 5 nitrogen and oxygen atoms in total. The lowest BCUT2D eigenvalue weighted by Crippen LogP contribution is -3.14. The first-order chi connectivity index (χ1) is 11.7. The van der Waals surface area contributed by atoms with Crippen molar-refractivity contribution >= 4 is 40.3 Å². The minimum absolute atomic E-state index is 0.658. The average molecular weight is 370 g/mol. The average Bonchev–Trinajstić information content (AvgIpc) is 3.10. The number of nitrogens with one attached hydrogen (secondary N) is 3. The van der Waals surface area contributed by atoms with Gasteiger partial charge in [0, 0.05) is 18.1 Å². The van der Waals surface area contributed by atoms with Gasteiger partial charge in [-0.25, -0.2) is 0 Å². The normalized spacial score (nSPS) is 18.6. The molecule has 132 valence electrons. The van der Waals surface area contributed by atoms with Crippen LogP contribution in [0.2, 0.25) is 5.02 Å². The summed E-state index contributed by atoms with van der Waals surface area (Å²) in [5.74, 6) is 0. The number of anilines is 2. The smallest absolute Gasteiger partial charge is 0.171 e. The van der Waals surface area contributed by atoms with E-state index >= 15 is 0 Å². The SMILES string of the molecule is S=C(NCC[NH+]1CCOCC1)Nc1cc(Cl)ccc1N1CCCC1. The van der Waals surface area contributed by atoms with Crippen LogP contribution in [0.15, 0.2) is 18.2 Å². The molecule has 1 aromatic rings. The molecule has 7 heteroatoms.